The Balaban J connectivity index is 1.80. The number of amides is 1. The molecule has 32 heavy (non-hydrogen) atoms. The van der Waals surface area contributed by atoms with E-state index in [0.29, 0.717) is 22.7 Å². The molecule has 170 valence electrons. The summed E-state index contributed by atoms with van der Waals surface area (Å²) in [7, 11) is 0. The molecule has 2 N–H and O–H groups in total. The highest BCUT2D eigenvalue weighted by atomic mass is 32.1. The first-order valence-electron chi connectivity index (χ1n) is 11.0. The zero-order valence-electron chi connectivity index (χ0n) is 19.5. The molecule has 0 atom stereocenters. The summed E-state index contributed by atoms with van der Waals surface area (Å²) in [5.74, 6) is 0.398. The lowest BCUT2D eigenvalue weighted by atomic mass is 9.84. The minimum absolute atomic E-state index is 0.158. The van der Waals surface area contributed by atoms with Crippen LogP contribution in [-0.2, 0) is 6.54 Å². The molecule has 2 aromatic carbocycles. The Kier molecular flexibility index (Phi) is 7.61. The fourth-order valence-corrected chi connectivity index (χ4v) is 4.14. The number of nitrogens with zero attached hydrogens (tertiary/aromatic N) is 2. The van der Waals surface area contributed by atoms with E-state index in [1.165, 1.54) is 29.0 Å². The van der Waals surface area contributed by atoms with Gasteiger partial charge in [-0.2, -0.15) is 0 Å². The van der Waals surface area contributed by atoms with Crippen LogP contribution in [0.25, 0.3) is 0 Å². The van der Waals surface area contributed by atoms with Gasteiger partial charge in [0.25, 0.3) is 5.91 Å². The first kappa shape index (κ1) is 23.9. The molecule has 3 rings (SSSR count). The molecule has 1 heterocycles. The van der Waals surface area contributed by atoms with Gasteiger partial charge in [0.2, 0.25) is 10.3 Å². The van der Waals surface area contributed by atoms with Crippen molar-refractivity contribution >= 4 is 27.5 Å². The van der Waals surface area contributed by atoms with Gasteiger partial charge in [0.1, 0.15) is 5.82 Å². The molecule has 5 nitrogen and oxygen atoms in total. The van der Waals surface area contributed by atoms with Crippen LogP contribution < -0.4 is 10.6 Å². The normalized spacial score (nSPS) is 11.4. The average molecular weight is 455 g/mol. The Morgan fingerprint density at radius 3 is 2.00 bits per heavy atom. The molecule has 0 aliphatic carbocycles. The Labute approximate surface area is 193 Å². The SMILES string of the molecule is CC(C)c1cc(C(C)C)c(C(=O)Nc2nnc(NCc3ccc(F)cc3)s2)c(C(C)C)c1. The Hall–Kier alpha value is -2.80. The maximum absolute atomic E-state index is 13.3. The number of halogens is 1. The van der Waals surface area contributed by atoms with Gasteiger partial charge in [0.05, 0.1) is 0 Å². The maximum Gasteiger partial charge on any atom is 0.258 e. The van der Waals surface area contributed by atoms with E-state index in [4.69, 9.17) is 0 Å². The lowest BCUT2D eigenvalue weighted by Gasteiger charge is -2.22. The molecule has 0 spiro atoms. The predicted molar refractivity (Wildman–Crippen MR) is 130 cm³/mol. The van der Waals surface area contributed by atoms with E-state index in [9.17, 15) is 9.18 Å². The fraction of sp³-hybridized carbons (Fsp3) is 0.400. The van der Waals surface area contributed by atoms with Crippen LogP contribution in [0.15, 0.2) is 36.4 Å². The second-order valence-corrected chi connectivity index (χ2v) is 9.86. The molecule has 3 aromatic rings. The molecule has 0 bridgehead atoms. The van der Waals surface area contributed by atoms with Gasteiger partial charge in [-0.25, -0.2) is 4.39 Å². The second kappa shape index (κ2) is 10.2. The molecule has 0 unspecified atom stereocenters. The highest BCUT2D eigenvalue weighted by Crippen LogP contribution is 2.33. The van der Waals surface area contributed by atoms with Crippen LogP contribution in [0.1, 0.15) is 91.9 Å². The van der Waals surface area contributed by atoms with Crippen molar-refractivity contribution in [1.82, 2.24) is 10.2 Å². The van der Waals surface area contributed by atoms with Crippen molar-refractivity contribution in [1.29, 1.82) is 0 Å². The third kappa shape index (κ3) is 5.71. The molecular formula is C25H31FN4OS. The molecule has 0 aliphatic rings. The van der Waals surface area contributed by atoms with Gasteiger partial charge in [-0.15, -0.1) is 10.2 Å². The van der Waals surface area contributed by atoms with Gasteiger partial charge in [0, 0.05) is 12.1 Å². The number of carbonyl (C=O) groups is 1. The highest BCUT2D eigenvalue weighted by molar-refractivity contribution is 7.19. The third-order valence-electron chi connectivity index (χ3n) is 5.36. The summed E-state index contributed by atoms with van der Waals surface area (Å²) < 4.78 is 13.1. The van der Waals surface area contributed by atoms with E-state index in [2.05, 4.69) is 74.5 Å². The molecule has 0 radical (unpaired) electrons. The minimum Gasteiger partial charge on any atom is -0.356 e. The van der Waals surface area contributed by atoms with Crippen LogP contribution in [0.4, 0.5) is 14.7 Å². The van der Waals surface area contributed by atoms with Gasteiger partial charge in [-0.1, -0.05) is 77.1 Å². The molecule has 1 aromatic heterocycles. The zero-order valence-corrected chi connectivity index (χ0v) is 20.3. The number of aromatic nitrogens is 2. The van der Waals surface area contributed by atoms with Gasteiger partial charge < -0.3 is 5.32 Å². The summed E-state index contributed by atoms with van der Waals surface area (Å²) in [6.07, 6.45) is 0. The van der Waals surface area contributed by atoms with E-state index in [-0.39, 0.29) is 23.6 Å². The largest absolute Gasteiger partial charge is 0.356 e. The molecule has 0 saturated carbocycles. The second-order valence-electron chi connectivity index (χ2n) is 8.88. The Morgan fingerprint density at radius 2 is 1.47 bits per heavy atom. The number of rotatable bonds is 8. The number of nitrogens with one attached hydrogen (secondary N) is 2. The monoisotopic (exact) mass is 454 g/mol. The van der Waals surface area contributed by atoms with Crippen LogP contribution >= 0.6 is 11.3 Å². The van der Waals surface area contributed by atoms with Crippen LogP contribution in [0.2, 0.25) is 0 Å². The zero-order chi connectivity index (χ0) is 23.4. The fourth-order valence-electron chi connectivity index (χ4n) is 3.50. The van der Waals surface area contributed by atoms with E-state index in [1.54, 1.807) is 12.1 Å². The quantitative estimate of drug-likeness (QED) is 0.388. The summed E-state index contributed by atoms with van der Waals surface area (Å²) in [5.41, 5.74) is 5.02. The Bertz CT molecular complexity index is 1040. The van der Waals surface area contributed by atoms with Gasteiger partial charge in [0.15, 0.2) is 0 Å². The number of anilines is 2. The van der Waals surface area contributed by atoms with Crippen molar-refractivity contribution < 1.29 is 9.18 Å². The summed E-state index contributed by atoms with van der Waals surface area (Å²) in [6, 6.07) is 10.6. The van der Waals surface area contributed by atoms with Gasteiger partial charge >= 0.3 is 0 Å². The smallest absolute Gasteiger partial charge is 0.258 e. The summed E-state index contributed by atoms with van der Waals surface area (Å²) in [5, 5.41) is 15.4. The molecule has 1 amide bonds. The van der Waals surface area contributed by atoms with Crippen molar-refractivity contribution in [2.24, 2.45) is 0 Å². The number of hydrogen-bond acceptors (Lipinski definition) is 5. The lowest BCUT2D eigenvalue weighted by molar-refractivity contribution is 0.102. The van der Waals surface area contributed by atoms with E-state index >= 15 is 0 Å². The van der Waals surface area contributed by atoms with Crippen molar-refractivity contribution in [3.63, 3.8) is 0 Å². The molecule has 0 fully saturated rings. The minimum atomic E-state index is -0.266. The summed E-state index contributed by atoms with van der Waals surface area (Å²) in [4.78, 5) is 13.3. The van der Waals surface area contributed by atoms with E-state index < -0.39 is 0 Å². The number of benzene rings is 2. The van der Waals surface area contributed by atoms with Gasteiger partial charge in [-0.3, -0.25) is 10.1 Å². The van der Waals surface area contributed by atoms with Crippen molar-refractivity contribution in [2.45, 2.75) is 65.8 Å². The molecule has 7 heteroatoms. The average Bonchev–Trinajstić information content (AvgIpc) is 3.19. The topological polar surface area (TPSA) is 66.9 Å². The van der Waals surface area contributed by atoms with Crippen molar-refractivity contribution in [2.75, 3.05) is 10.6 Å². The van der Waals surface area contributed by atoms with Crippen LogP contribution in [0, 0.1) is 5.82 Å². The highest BCUT2D eigenvalue weighted by Gasteiger charge is 2.23. The van der Waals surface area contributed by atoms with Crippen LogP contribution in [0.5, 0.6) is 0 Å². The van der Waals surface area contributed by atoms with Crippen LogP contribution in [-0.4, -0.2) is 16.1 Å². The molecular weight excluding hydrogens is 423 g/mol. The summed E-state index contributed by atoms with van der Waals surface area (Å²) in [6.45, 7) is 13.3. The van der Waals surface area contributed by atoms with Crippen molar-refractivity contribution in [3.05, 3.63) is 70.0 Å². The molecule has 0 aliphatic heterocycles. The van der Waals surface area contributed by atoms with Gasteiger partial charge in [-0.05, 0) is 52.1 Å². The van der Waals surface area contributed by atoms with E-state index in [1.807, 2.05) is 0 Å². The summed E-state index contributed by atoms with van der Waals surface area (Å²) >= 11 is 1.28. The molecule has 0 saturated heterocycles. The van der Waals surface area contributed by atoms with Crippen molar-refractivity contribution in [3.8, 4) is 0 Å². The Morgan fingerprint density at radius 1 is 0.906 bits per heavy atom. The van der Waals surface area contributed by atoms with E-state index in [0.717, 1.165) is 22.3 Å². The standard InChI is InChI=1S/C25H31FN4OS/c1-14(2)18-11-20(15(3)4)22(21(12-18)16(5)6)23(31)28-25-30-29-24(32-25)27-13-17-7-9-19(26)10-8-17/h7-12,14-16H,13H2,1-6H3,(H,27,29)(H,28,30,31). The first-order valence-corrected chi connectivity index (χ1v) is 11.8. The number of hydrogen-bond donors (Lipinski definition) is 2. The third-order valence-corrected chi connectivity index (χ3v) is 6.16. The number of carbonyl (C=O) groups excluding carboxylic acids is 1. The van der Waals surface area contributed by atoms with Crippen LogP contribution in [0.3, 0.4) is 0 Å². The maximum atomic E-state index is 13.3. The predicted octanol–water partition coefficient (Wildman–Crippen LogP) is 6.91. The first-order chi connectivity index (χ1) is 15.2. The lowest BCUT2D eigenvalue weighted by Crippen LogP contribution is -2.19.